The predicted molar refractivity (Wildman–Crippen MR) is 36.8 cm³/mol. The van der Waals surface area contributed by atoms with Gasteiger partial charge >= 0.3 is 0 Å². The third-order valence-electron chi connectivity index (χ3n) is 1.80. The molecule has 0 saturated heterocycles. The number of hydrogen-bond acceptors (Lipinski definition) is 1. The number of rotatable bonds is 2. The Morgan fingerprint density at radius 2 is 1.89 bits per heavy atom. The molecule has 0 aromatic heterocycles. The van der Waals surface area contributed by atoms with Gasteiger partial charge in [-0.05, 0) is 25.7 Å². The summed E-state index contributed by atoms with van der Waals surface area (Å²) < 4.78 is 5.12. The molecule has 9 heavy (non-hydrogen) atoms. The lowest BCUT2D eigenvalue weighted by molar-refractivity contribution is 0.0929. The lowest BCUT2D eigenvalue weighted by atomic mass is 9.98. The van der Waals surface area contributed by atoms with Crippen molar-refractivity contribution in [2.45, 2.75) is 38.2 Å². The highest BCUT2D eigenvalue weighted by atomic mass is 16.5. The second kappa shape index (κ2) is 3.54. The van der Waals surface area contributed by atoms with Crippen molar-refractivity contribution in [3.63, 3.8) is 0 Å². The summed E-state index contributed by atoms with van der Waals surface area (Å²) >= 11 is 0. The van der Waals surface area contributed by atoms with Gasteiger partial charge in [0.1, 0.15) is 0 Å². The van der Waals surface area contributed by atoms with Gasteiger partial charge in [0.05, 0.1) is 6.10 Å². The molecule has 0 N–H and O–H groups in total. The third-order valence-corrected chi connectivity index (χ3v) is 1.80. The van der Waals surface area contributed by atoms with Crippen LogP contribution < -0.4 is 0 Å². The Labute approximate surface area is 56.7 Å². The summed E-state index contributed by atoms with van der Waals surface area (Å²) in [5.74, 6) is 0. The Morgan fingerprint density at radius 3 is 2.44 bits per heavy atom. The molecule has 0 heterocycles. The van der Waals surface area contributed by atoms with Gasteiger partial charge < -0.3 is 4.74 Å². The largest absolute Gasteiger partial charge is 0.487 e. The highest BCUT2D eigenvalue weighted by Crippen LogP contribution is 2.19. The Hall–Kier alpha value is -0.460. The van der Waals surface area contributed by atoms with Crippen molar-refractivity contribution < 1.29 is 4.74 Å². The second-order valence-corrected chi connectivity index (χ2v) is 2.52. The van der Waals surface area contributed by atoms with E-state index in [4.69, 9.17) is 4.74 Å². The lowest BCUT2D eigenvalue weighted by Crippen LogP contribution is -2.13. The van der Waals surface area contributed by atoms with Crippen molar-refractivity contribution in [2.75, 3.05) is 0 Å². The van der Waals surface area contributed by atoms with E-state index in [-0.39, 0.29) is 0 Å². The number of ether oxygens (including phenoxy) is 1. The first kappa shape index (κ1) is 6.66. The SMILES string of the molecule is C=[C]OC1CCCCC1. The highest BCUT2D eigenvalue weighted by Gasteiger charge is 2.12. The van der Waals surface area contributed by atoms with E-state index in [0.717, 1.165) is 0 Å². The van der Waals surface area contributed by atoms with Crippen LogP contribution in [0.4, 0.5) is 0 Å². The average molecular weight is 125 g/mol. The molecule has 1 rings (SSSR count). The standard InChI is InChI=1S/C8H13O/c1-2-9-8-6-4-3-5-7-8/h8H,1,3-7H2. The van der Waals surface area contributed by atoms with Gasteiger partial charge in [-0.2, -0.15) is 0 Å². The van der Waals surface area contributed by atoms with Gasteiger partial charge in [0.15, 0.2) is 6.26 Å². The van der Waals surface area contributed by atoms with Crippen LogP contribution in [0.5, 0.6) is 0 Å². The summed E-state index contributed by atoms with van der Waals surface area (Å²) in [6.07, 6.45) is 9.30. The molecule has 0 unspecified atom stereocenters. The molecule has 0 spiro atoms. The molecular formula is C8H13O. The Morgan fingerprint density at radius 1 is 1.22 bits per heavy atom. The summed E-state index contributed by atoms with van der Waals surface area (Å²) in [5.41, 5.74) is 0. The molecule has 1 heteroatoms. The van der Waals surface area contributed by atoms with Crippen LogP contribution in [0.2, 0.25) is 0 Å². The van der Waals surface area contributed by atoms with E-state index in [1.807, 2.05) is 0 Å². The molecule has 0 aromatic rings. The van der Waals surface area contributed by atoms with Gasteiger partial charge in [0.2, 0.25) is 0 Å². The third kappa shape index (κ3) is 2.08. The molecule has 1 aliphatic rings. The minimum absolute atomic E-state index is 0.427. The lowest BCUT2D eigenvalue weighted by Gasteiger charge is -2.19. The van der Waals surface area contributed by atoms with Crippen molar-refractivity contribution in [3.05, 3.63) is 12.8 Å². The van der Waals surface area contributed by atoms with Gasteiger partial charge in [-0.1, -0.05) is 13.0 Å². The van der Waals surface area contributed by atoms with Crippen LogP contribution in [0.25, 0.3) is 0 Å². The molecule has 0 aromatic carbocycles. The molecule has 1 nitrogen and oxygen atoms in total. The molecule has 0 amide bonds. The van der Waals surface area contributed by atoms with Crippen LogP contribution in [-0.2, 0) is 4.74 Å². The maximum absolute atomic E-state index is 5.12. The molecule has 1 saturated carbocycles. The van der Waals surface area contributed by atoms with Crippen molar-refractivity contribution in [2.24, 2.45) is 0 Å². The predicted octanol–water partition coefficient (Wildman–Crippen LogP) is 2.28. The summed E-state index contributed by atoms with van der Waals surface area (Å²) in [5, 5.41) is 0. The van der Waals surface area contributed by atoms with Gasteiger partial charge in [0, 0.05) is 0 Å². The smallest absolute Gasteiger partial charge is 0.153 e. The van der Waals surface area contributed by atoms with E-state index >= 15 is 0 Å². The fourth-order valence-corrected chi connectivity index (χ4v) is 1.30. The number of hydrogen-bond donors (Lipinski definition) is 0. The minimum Gasteiger partial charge on any atom is -0.487 e. The fourth-order valence-electron chi connectivity index (χ4n) is 1.30. The highest BCUT2D eigenvalue weighted by molar-refractivity contribution is 4.65. The van der Waals surface area contributed by atoms with Crippen molar-refractivity contribution in [1.82, 2.24) is 0 Å². The van der Waals surface area contributed by atoms with Crippen LogP contribution >= 0.6 is 0 Å². The first-order valence-corrected chi connectivity index (χ1v) is 3.61. The second-order valence-electron chi connectivity index (χ2n) is 2.52. The topological polar surface area (TPSA) is 9.23 Å². The maximum Gasteiger partial charge on any atom is 0.153 e. The zero-order chi connectivity index (χ0) is 6.53. The summed E-state index contributed by atoms with van der Waals surface area (Å²) in [6, 6.07) is 0. The Balaban J connectivity index is 2.15. The summed E-state index contributed by atoms with van der Waals surface area (Å²) in [4.78, 5) is 0. The van der Waals surface area contributed by atoms with Gasteiger partial charge in [0.25, 0.3) is 0 Å². The zero-order valence-electron chi connectivity index (χ0n) is 5.73. The monoisotopic (exact) mass is 125 g/mol. The normalized spacial score (nSPS) is 21.3. The van der Waals surface area contributed by atoms with E-state index < -0.39 is 0 Å². The van der Waals surface area contributed by atoms with E-state index in [9.17, 15) is 0 Å². The quantitative estimate of drug-likeness (QED) is 0.514. The fraction of sp³-hybridized carbons (Fsp3) is 0.750. The summed E-state index contributed by atoms with van der Waals surface area (Å²) in [6.45, 7) is 3.41. The van der Waals surface area contributed by atoms with Gasteiger partial charge in [-0.3, -0.25) is 0 Å². The van der Waals surface area contributed by atoms with Crippen molar-refractivity contribution in [3.8, 4) is 0 Å². The summed E-state index contributed by atoms with van der Waals surface area (Å²) in [7, 11) is 0. The van der Waals surface area contributed by atoms with E-state index in [2.05, 4.69) is 12.8 Å². The molecule has 0 aliphatic heterocycles. The molecule has 1 fully saturated rings. The van der Waals surface area contributed by atoms with Crippen molar-refractivity contribution >= 4 is 0 Å². The average Bonchev–Trinajstić information content (AvgIpc) is 1.91. The molecule has 51 valence electrons. The zero-order valence-corrected chi connectivity index (χ0v) is 5.73. The molecule has 1 radical (unpaired) electrons. The molecule has 0 atom stereocenters. The van der Waals surface area contributed by atoms with Crippen LogP contribution in [0.1, 0.15) is 32.1 Å². The Bertz CT molecular complexity index is 82.6. The van der Waals surface area contributed by atoms with Crippen LogP contribution in [-0.4, -0.2) is 6.10 Å². The maximum atomic E-state index is 5.12. The van der Waals surface area contributed by atoms with Gasteiger partial charge in [-0.15, -0.1) is 0 Å². The first-order valence-electron chi connectivity index (χ1n) is 3.61. The van der Waals surface area contributed by atoms with Gasteiger partial charge in [-0.25, -0.2) is 0 Å². The van der Waals surface area contributed by atoms with E-state index in [1.54, 1.807) is 0 Å². The molecule has 0 bridgehead atoms. The van der Waals surface area contributed by atoms with Crippen molar-refractivity contribution in [1.29, 1.82) is 0 Å². The van der Waals surface area contributed by atoms with E-state index in [1.165, 1.54) is 32.1 Å². The van der Waals surface area contributed by atoms with E-state index in [0.29, 0.717) is 6.10 Å². The molecular weight excluding hydrogens is 112 g/mol. The Kier molecular flexibility index (Phi) is 2.62. The molecule has 1 aliphatic carbocycles. The van der Waals surface area contributed by atoms with Crippen LogP contribution in [0.3, 0.4) is 0 Å². The van der Waals surface area contributed by atoms with Crippen LogP contribution in [0.15, 0.2) is 6.58 Å². The first-order chi connectivity index (χ1) is 4.43. The van der Waals surface area contributed by atoms with Crippen LogP contribution in [0, 0.1) is 6.26 Å². The minimum atomic E-state index is 0.427.